The van der Waals surface area contributed by atoms with Crippen LogP contribution in [0.25, 0.3) is 5.65 Å². The maximum atomic E-state index is 12.0. The molecule has 0 amide bonds. The molecule has 0 aliphatic carbocycles. The fourth-order valence-corrected chi connectivity index (χ4v) is 2.25. The molecule has 0 saturated carbocycles. The summed E-state index contributed by atoms with van der Waals surface area (Å²) in [5.74, 6) is 0.0536. The number of nitrogens with zero attached hydrogens (tertiary/aromatic N) is 4. The first-order valence-corrected chi connectivity index (χ1v) is 7.60. The third-order valence-corrected chi connectivity index (χ3v) is 3.62. The fourth-order valence-electron chi connectivity index (χ4n) is 2.25. The maximum Gasteiger partial charge on any atom is 0.347 e. The number of nitrogens with one attached hydrogen (secondary N) is 2. The lowest BCUT2D eigenvalue weighted by atomic mass is 9.93. The molecule has 0 bridgehead atoms. The summed E-state index contributed by atoms with van der Waals surface area (Å²) in [6, 6.07) is 3.22. The molecule has 3 heterocycles. The van der Waals surface area contributed by atoms with Gasteiger partial charge in [0, 0.05) is 17.8 Å². The van der Waals surface area contributed by atoms with E-state index in [9.17, 15) is 9.59 Å². The van der Waals surface area contributed by atoms with Crippen molar-refractivity contribution in [3.8, 4) is 0 Å². The van der Waals surface area contributed by atoms with Crippen molar-refractivity contribution in [3.05, 3.63) is 46.3 Å². The summed E-state index contributed by atoms with van der Waals surface area (Å²) < 4.78 is 6.14. The zero-order chi connectivity index (χ0) is 18.2. The van der Waals surface area contributed by atoms with Crippen molar-refractivity contribution in [3.63, 3.8) is 0 Å². The first-order valence-electron chi connectivity index (χ1n) is 7.60. The number of carbonyl (C=O) groups excluding carboxylic acids is 1. The monoisotopic (exact) mass is 342 g/mol. The summed E-state index contributed by atoms with van der Waals surface area (Å²) in [5, 5.41) is 9.38. The molecule has 3 rings (SSSR count). The van der Waals surface area contributed by atoms with Crippen molar-refractivity contribution < 1.29 is 9.53 Å². The summed E-state index contributed by atoms with van der Waals surface area (Å²) in [6.07, 6.45) is 3.18. The Morgan fingerprint density at radius 1 is 1.32 bits per heavy atom. The first kappa shape index (κ1) is 16.6. The fraction of sp³-hybridized carbons (Fsp3) is 0.312. The topological polar surface area (TPSA) is 114 Å². The number of H-pyrrole nitrogens is 1. The van der Waals surface area contributed by atoms with Crippen LogP contribution in [-0.2, 0) is 10.2 Å². The molecule has 0 spiro atoms. The lowest BCUT2D eigenvalue weighted by Crippen LogP contribution is -2.19. The number of methoxy groups -OCH3 is 1. The van der Waals surface area contributed by atoms with Gasteiger partial charge in [0.05, 0.1) is 12.8 Å². The number of aromatic nitrogens is 5. The molecule has 2 N–H and O–H groups in total. The van der Waals surface area contributed by atoms with Gasteiger partial charge < -0.3 is 10.1 Å². The number of ether oxygens (including phenoxy) is 1. The highest BCUT2D eigenvalue weighted by atomic mass is 16.5. The number of anilines is 2. The highest BCUT2D eigenvalue weighted by Crippen LogP contribution is 2.25. The maximum absolute atomic E-state index is 12.0. The molecule has 3 aromatic heterocycles. The van der Waals surface area contributed by atoms with E-state index in [4.69, 9.17) is 4.74 Å². The van der Waals surface area contributed by atoms with Crippen LogP contribution >= 0.6 is 0 Å². The Morgan fingerprint density at radius 2 is 2.08 bits per heavy atom. The number of hydrogen-bond acceptors (Lipinski definition) is 7. The molecule has 0 fully saturated rings. The number of rotatable bonds is 3. The molecule has 25 heavy (non-hydrogen) atoms. The average Bonchev–Trinajstić information content (AvgIpc) is 2.95. The van der Waals surface area contributed by atoms with Crippen LogP contribution in [0, 0.1) is 0 Å². The lowest BCUT2D eigenvalue weighted by molar-refractivity contribution is 0.0601. The zero-order valence-electron chi connectivity index (χ0n) is 14.3. The second-order valence-electron chi connectivity index (χ2n) is 6.46. The van der Waals surface area contributed by atoms with Crippen molar-refractivity contribution in [1.82, 2.24) is 24.6 Å². The molecule has 0 radical (unpaired) electrons. The van der Waals surface area contributed by atoms with E-state index in [-0.39, 0.29) is 22.5 Å². The van der Waals surface area contributed by atoms with Crippen LogP contribution in [0.2, 0.25) is 0 Å². The van der Waals surface area contributed by atoms with E-state index in [1.807, 2.05) is 20.8 Å². The summed E-state index contributed by atoms with van der Waals surface area (Å²) in [4.78, 5) is 32.6. The van der Waals surface area contributed by atoms with Gasteiger partial charge in [-0.2, -0.15) is 0 Å². The number of carbonyl (C=O) groups is 1. The van der Waals surface area contributed by atoms with Gasteiger partial charge in [-0.05, 0) is 12.1 Å². The molecule has 9 nitrogen and oxygen atoms in total. The molecule has 0 unspecified atom stereocenters. The van der Waals surface area contributed by atoms with Crippen molar-refractivity contribution >= 4 is 23.3 Å². The second kappa shape index (κ2) is 6.00. The van der Waals surface area contributed by atoms with Crippen LogP contribution in [0.4, 0.5) is 11.6 Å². The van der Waals surface area contributed by atoms with E-state index in [2.05, 4.69) is 25.5 Å². The third-order valence-electron chi connectivity index (χ3n) is 3.62. The van der Waals surface area contributed by atoms with E-state index in [0.29, 0.717) is 17.2 Å². The summed E-state index contributed by atoms with van der Waals surface area (Å²) >= 11 is 0. The summed E-state index contributed by atoms with van der Waals surface area (Å²) in [7, 11) is 1.29. The minimum absolute atomic E-state index is 0.254. The van der Waals surface area contributed by atoms with Gasteiger partial charge in [-0.25, -0.2) is 29.1 Å². The van der Waals surface area contributed by atoms with Gasteiger partial charge in [0.25, 0.3) is 0 Å². The zero-order valence-corrected chi connectivity index (χ0v) is 14.3. The van der Waals surface area contributed by atoms with Gasteiger partial charge in [0.2, 0.25) is 5.65 Å². The molecular weight excluding hydrogens is 324 g/mol. The second-order valence-corrected chi connectivity index (χ2v) is 6.46. The Morgan fingerprint density at radius 3 is 2.76 bits per heavy atom. The van der Waals surface area contributed by atoms with Crippen LogP contribution in [0.15, 0.2) is 29.3 Å². The number of fused-ring (bicyclic) bond motifs is 1. The minimum atomic E-state index is -0.530. The Balaban J connectivity index is 2.17. The summed E-state index contributed by atoms with van der Waals surface area (Å²) in [6.45, 7) is 5.95. The van der Waals surface area contributed by atoms with E-state index in [1.165, 1.54) is 17.7 Å². The van der Waals surface area contributed by atoms with Gasteiger partial charge in [0.15, 0.2) is 5.82 Å². The van der Waals surface area contributed by atoms with Crippen molar-refractivity contribution in [2.45, 2.75) is 26.2 Å². The molecule has 0 aliphatic heterocycles. The van der Waals surface area contributed by atoms with Gasteiger partial charge in [-0.15, -0.1) is 5.10 Å². The quantitative estimate of drug-likeness (QED) is 0.695. The predicted molar refractivity (Wildman–Crippen MR) is 91.2 cm³/mol. The number of esters is 1. The van der Waals surface area contributed by atoms with Gasteiger partial charge >= 0.3 is 11.7 Å². The standard InChI is InChI=1S/C16H18N6O3/c1-16(2,3)10-8-22-13(20-21-15(22)24)12(18-10)19-11-9(14(23)25-4)6-5-7-17-11/h5-8H,1-4H3,(H,21,24)(H,17,18,19). The molecular formula is C16H18N6O3. The highest BCUT2D eigenvalue weighted by Gasteiger charge is 2.21. The number of hydrogen-bond donors (Lipinski definition) is 2. The SMILES string of the molecule is COC(=O)c1cccnc1Nc1nc(C(C)(C)C)cn2c(=O)[nH]nc12. The van der Waals surface area contributed by atoms with Crippen molar-refractivity contribution in [1.29, 1.82) is 0 Å². The van der Waals surface area contributed by atoms with E-state index < -0.39 is 5.97 Å². The van der Waals surface area contributed by atoms with Crippen LogP contribution in [-0.4, -0.2) is 37.6 Å². The molecule has 3 aromatic rings. The van der Waals surface area contributed by atoms with Crippen LogP contribution in [0.5, 0.6) is 0 Å². The first-order chi connectivity index (χ1) is 11.8. The molecule has 0 aliphatic rings. The van der Waals surface area contributed by atoms with E-state index >= 15 is 0 Å². The van der Waals surface area contributed by atoms with E-state index in [1.54, 1.807) is 18.3 Å². The average molecular weight is 342 g/mol. The lowest BCUT2D eigenvalue weighted by Gasteiger charge is -2.19. The molecule has 0 atom stereocenters. The predicted octanol–water partition coefficient (Wildman–Crippen LogP) is 1.64. The third kappa shape index (κ3) is 3.08. The van der Waals surface area contributed by atoms with Gasteiger partial charge in [-0.1, -0.05) is 20.8 Å². The van der Waals surface area contributed by atoms with Crippen molar-refractivity contribution in [2.24, 2.45) is 0 Å². The van der Waals surface area contributed by atoms with Crippen LogP contribution in [0.3, 0.4) is 0 Å². The minimum Gasteiger partial charge on any atom is -0.465 e. The Bertz CT molecular complexity index is 999. The number of pyridine rings is 1. The van der Waals surface area contributed by atoms with E-state index in [0.717, 1.165) is 0 Å². The molecule has 0 saturated heterocycles. The van der Waals surface area contributed by atoms with Crippen LogP contribution in [0.1, 0.15) is 36.8 Å². The van der Waals surface area contributed by atoms with Crippen molar-refractivity contribution in [2.75, 3.05) is 12.4 Å². The number of aromatic amines is 1. The van der Waals surface area contributed by atoms with Gasteiger partial charge in [0.1, 0.15) is 11.4 Å². The Kier molecular flexibility index (Phi) is 3.99. The highest BCUT2D eigenvalue weighted by molar-refractivity contribution is 5.95. The summed E-state index contributed by atoms with van der Waals surface area (Å²) in [5.41, 5.74) is 0.571. The molecule has 9 heteroatoms. The van der Waals surface area contributed by atoms with Gasteiger partial charge in [-0.3, -0.25) is 0 Å². The smallest absolute Gasteiger partial charge is 0.347 e. The molecule has 130 valence electrons. The Hall–Kier alpha value is -3.23. The molecule has 0 aromatic carbocycles. The van der Waals surface area contributed by atoms with Crippen LogP contribution < -0.4 is 11.0 Å². The normalized spacial score (nSPS) is 11.5. The largest absolute Gasteiger partial charge is 0.465 e. The Labute approximate surface area is 143 Å².